The average Bonchev–Trinajstić information content (AvgIpc) is 3.23. The Bertz CT molecular complexity index is 1070. The first-order valence-corrected chi connectivity index (χ1v) is 9.60. The maximum Gasteiger partial charge on any atom is 0.274 e. The molecule has 0 aliphatic heterocycles. The number of furan rings is 1. The molecule has 0 saturated carbocycles. The van der Waals surface area contributed by atoms with Crippen molar-refractivity contribution in [3.63, 3.8) is 0 Å². The summed E-state index contributed by atoms with van der Waals surface area (Å²) in [5.41, 5.74) is 1.91. The fourth-order valence-corrected chi connectivity index (χ4v) is 3.71. The van der Waals surface area contributed by atoms with Crippen LogP contribution >= 0.6 is 0 Å². The van der Waals surface area contributed by atoms with Gasteiger partial charge in [-0.25, -0.2) is 17.5 Å². The van der Waals surface area contributed by atoms with Gasteiger partial charge in [-0.05, 0) is 50.6 Å². The van der Waals surface area contributed by atoms with E-state index in [1.807, 2.05) is 0 Å². The first-order valence-electron chi connectivity index (χ1n) is 8.11. The number of hydrogen-bond donors (Lipinski definition) is 1. The highest BCUT2D eigenvalue weighted by Gasteiger charge is 2.24. The van der Waals surface area contributed by atoms with Gasteiger partial charge < -0.3 is 13.7 Å². The normalized spacial score (nSPS) is 12.9. The highest BCUT2D eigenvalue weighted by atomic mass is 32.2. The van der Waals surface area contributed by atoms with Crippen LogP contribution < -0.4 is 9.46 Å². The summed E-state index contributed by atoms with van der Waals surface area (Å²) in [6.07, 6.45) is 0. The predicted octanol–water partition coefficient (Wildman–Crippen LogP) is 3.74. The van der Waals surface area contributed by atoms with E-state index >= 15 is 0 Å². The predicted molar refractivity (Wildman–Crippen MR) is 95.4 cm³/mol. The zero-order valence-electron chi connectivity index (χ0n) is 15.2. The summed E-state index contributed by atoms with van der Waals surface area (Å²) in [5.74, 6) is 0.149. The number of nitrogens with zero attached hydrogens (tertiary/aromatic N) is 1. The van der Waals surface area contributed by atoms with Crippen LogP contribution in [0.5, 0.6) is 5.75 Å². The minimum Gasteiger partial charge on any atom is -0.494 e. The lowest BCUT2D eigenvalue weighted by molar-refractivity contribution is 0.385. The van der Waals surface area contributed by atoms with Gasteiger partial charge in [0.2, 0.25) is 10.9 Å². The highest BCUT2D eigenvalue weighted by Crippen LogP contribution is 2.29. The fourth-order valence-electron chi connectivity index (χ4n) is 2.54. The van der Waals surface area contributed by atoms with Crippen LogP contribution in [-0.4, -0.2) is 20.7 Å². The molecule has 0 aliphatic rings. The maximum atomic E-state index is 13.9. The summed E-state index contributed by atoms with van der Waals surface area (Å²) in [6, 6.07) is 6.40. The number of rotatable bonds is 6. The van der Waals surface area contributed by atoms with Gasteiger partial charge >= 0.3 is 0 Å². The molecule has 1 aromatic carbocycles. The van der Waals surface area contributed by atoms with Gasteiger partial charge in [-0.15, -0.1) is 0 Å². The van der Waals surface area contributed by atoms with E-state index in [4.69, 9.17) is 13.7 Å². The van der Waals surface area contributed by atoms with Crippen LogP contribution in [0, 0.1) is 19.7 Å². The number of nitrogens with one attached hydrogen (secondary N) is 1. The van der Waals surface area contributed by atoms with Crippen molar-refractivity contribution in [2.24, 2.45) is 0 Å². The number of hydrogen-bond acceptors (Lipinski definition) is 6. The molecule has 0 spiro atoms. The van der Waals surface area contributed by atoms with E-state index < -0.39 is 21.9 Å². The van der Waals surface area contributed by atoms with Gasteiger partial charge in [0.15, 0.2) is 17.3 Å². The minimum atomic E-state index is -3.96. The first-order chi connectivity index (χ1) is 12.7. The summed E-state index contributed by atoms with van der Waals surface area (Å²) >= 11 is 0. The number of aromatic nitrogens is 1. The van der Waals surface area contributed by atoms with E-state index in [9.17, 15) is 12.8 Å². The number of aryl methyl sites for hydroxylation is 1. The number of ether oxygens (including phenoxy) is 1. The zero-order valence-corrected chi connectivity index (χ0v) is 16.1. The Kier molecular flexibility index (Phi) is 5.07. The molecular formula is C18H19FN2O5S. The van der Waals surface area contributed by atoms with Crippen LogP contribution in [0.4, 0.5) is 4.39 Å². The summed E-state index contributed by atoms with van der Waals surface area (Å²) < 4.78 is 57.0. The Morgan fingerprint density at radius 2 is 1.96 bits per heavy atom. The topological polar surface area (TPSA) is 94.6 Å². The van der Waals surface area contributed by atoms with Gasteiger partial charge in [-0.1, -0.05) is 11.2 Å². The molecule has 0 fully saturated rings. The molecule has 2 heterocycles. The van der Waals surface area contributed by atoms with Gasteiger partial charge in [0, 0.05) is 11.6 Å². The SMILES string of the molecule is COc1ccc(C(C)NS(=O)(=O)c2ccc(-c3onc(C)c3C)o2)cc1F. The van der Waals surface area contributed by atoms with Crippen LogP contribution in [0.25, 0.3) is 11.5 Å². The molecule has 27 heavy (non-hydrogen) atoms. The molecule has 0 bridgehead atoms. The van der Waals surface area contributed by atoms with Gasteiger partial charge in [-0.3, -0.25) is 0 Å². The summed E-state index contributed by atoms with van der Waals surface area (Å²) in [5, 5.41) is 3.56. The van der Waals surface area contributed by atoms with Gasteiger partial charge in [0.25, 0.3) is 10.0 Å². The van der Waals surface area contributed by atoms with E-state index in [0.29, 0.717) is 17.0 Å². The van der Waals surface area contributed by atoms with Crippen LogP contribution in [0.15, 0.2) is 44.4 Å². The molecule has 2 aromatic heterocycles. The van der Waals surface area contributed by atoms with Crippen LogP contribution in [0.2, 0.25) is 0 Å². The molecule has 0 aliphatic carbocycles. The second-order valence-electron chi connectivity index (χ2n) is 6.08. The highest BCUT2D eigenvalue weighted by molar-refractivity contribution is 7.89. The molecule has 9 heteroatoms. The van der Waals surface area contributed by atoms with Gasteiger partial charge in [0.1, 0.15) is 0 Å². The maximum absolute atomic E-state index is 13.9. The third-order valence-corrected chi connectivity index (χ3v) is 5.65. The molecule has 0 radical (unpaired) electrons. The molecular weight excluding hydrogens is 375 g/mol. The van der Waals surface area contributed by atoms with Crippen LogP contribution in [0.3, 0.4) is 0 Å². The molecule has 3 aromatic rings. The van der Waals surface area contributed by atoms with E-state index in [-0.39, 0.29) is 16.6 Å². The smallest absolute Gasteiger partial charge is 0.274 e. The molecule has 0 amide bonds. The van der Waals surface area contributed by atoms with Crippen molar-refractivity contribution in [2.75, 3.05) is 7.11 Å². The van der Waals surface area contributed by atoms with E-state index in [2.05, 4.69) is 9.88 Å². The number of sulfonamides is 1. The van der Waals surface area contributed by atoms with Crippen molar-refractivity contribution < 1.29 is 26.5 Å². The zero-order chi connectivity index (χ0) is 19.8. The lowest BCUT2D eigenvalue weighted by Crippen LogP contribution is -2.26. The van der Waals surface area contributed by atoms with Crippen molar-refractivity contribution in [1.29, 1.82) is 0 Å². The minimum absolute atomic E-state index is 0.0854. The second kappa shape index (κ2) is 7.16. The third-order valence-electron chi connectivity index (χ3n) is 4.23. The molecule has 1 atom stereocenters. The van der Waals surface area contributed by atoms with Crippen molar-refractivity contribution >= 4 is 10.0 Å². The van der Waals surface area contributed by atoms with Crippen molar-refractivity contribution in [3.05, 3.63) is 53.0 Å². The fraction of sp³-hybridized carbons (Fsp3) is 0.278. The lowest BCUT2D eigenvalue weighted by Gasteiger charge is -2.14. The van der Waals surface area contributed by atoms with E-state index in [1.165, 1.54) is 31.4 Å². The van der Waals surface area contributed by atoms with E-state index in [1.54, 1.807) is 26.8 Å². The molecule has 1 N–H and O–H groups in total. The van der Waals surface area contributed by atoms with E-state index in [0.717, 1.165) is 5.56 Å². The summed E-state index contributed by atoms with van der Waals surface area (Å²) in [7, 11) is -2.60. The number of benzene rings is 1. The van der Waals surface area contributed by atoms with Gasteiger partial charge in [-0.2, -0.15) is 0 Å². The molecule has 7 nitrogen and oxygen atoms in total. The molecule has 1 unspecified atom stereocenters. The van der Waals surface area contributed by atoms with Crippen molar-refractivity contribution in [1.82, 2.24) is 9.88 Å². The standard InChI is InChI=1S/C18H19FN2O5S/c1-10-11(2)20-26-18(10)16-7-8-17(25-16)27(22,23)21-12(3)13-5-6-15(24-4)14(19)9-13/h5-9,12,21H,1-4H3. The van der Waals surface area contributed by atoms with Crippen LogP contribution in [-0.2, 0) is 10.0 Å². The Labute approximate surface area is 156 Å². The Balaban J connectivity index is 1.83. The molecule has 0 saturated heterocycles. The second-order valence-corrected chi connectivity index (χ2v) is 7.72. The monoisotopic (exact) mass is 394 g/mol. The first kappa shape index (κ1) is 19.1. The molecule has 3 rings (SSSR count). The largest absolute Gasteiger partial charge is 0.494 e. The third kappa shape index (κ3) is 3.74. The quantitative estimate of drug-likeness (QED) is 0.684. The van der Waals surface area contributed by atoms with Gasteiger partial charge in [0.05, 0.1) is 12.8 Å². The number of halogens is 1. The summed E-state index contributed by atoms with van der Waals surface area (Å²) in [6.45, 7) is 5.18. The Morgan fingerprint density at radius 3 is 2.56 bits per heavy atom. The Hall–Kier alpha value is -2.65. The molecule has 144 valence electrons. The number of methoxy groups -OCH3 is 1. The Morgan fingerprint density at radius 1 is 1.22 bits per heavy atom. The van der Waals surface area contributed by atoms with Crippen molar-refractivity contribution in [2.45, 2.75) is 31.9 Å². The average molecular weight is 394 g/mol. The van der Waals surface area contributed by atoms with Crippen LogP contribution in [0.1, 0.15) is 29.8 Å². The van der Waals surface area contributed by atoms with Crippen molar-refractivity contribution in [3.8, 4) is 17.3 Å². The summed E-state index contributed by atoms with van der Waals surface area (Å²) in [4.78, 5) is 0. The lowest BCUT2D eigenvalue weighted by atomic mass is 10.1.